The first-order chi connectivity index (χ1) is 12.5. The van der Waals surface area contributed by atoms with Gasteiger partial charge in [-0.05, 0) is 83.8 Å². The third-order valence-corrected chi connectivity index (χ3v) is 5.56. The van der Waals surface area contributed by atoms with E-state index in [1.54, 1.807) is 18.2 Å². The summed E-state index contributed by atoms with van der Waals surface area (Å²) in [7, 11) is 0. The molecule has 1 fully saturated rings. The zero-order valence-corrected chi connectivity index (χ0v) is 18.2. The molecule has 0 spiro atoms. The first-order valence-corrected chi connectivity index (χ1v) is 10.4. The zero-order valence-electron chi connectivity index (χ0n) is 13.6. The second kappa shape index (κ2) is 8.45. The van der Waals surface area contributed by atoms with Crippen LogP contribution in [0.15, 0.2) is 50.8 Å². The first-order valence-electron chi connectivity index (χ1n) is 7.66. The lowest BCUT2D eigenvalue weighted by molar-refractivity contribution is -0.115. The number of phenols is 1. The summed E-state index contributed by atoms with van der Waals surface area (Å²) in [6.45, 7) is 2.53. The van der Waals surface area contributed by atoms with Crippen LogP contribution in [-0.4, -0.2) is 22.8 Å². The third kappa shape index (κ3) is 4.60. The fourth-order valence-corrected chi connectivity index (χ4v) is 4.60. The molecule has 5 nitrogen and oxygen atoms in total. The lowest BCUT2D eigenvalue weighted by Crippen LogP contribution is -2.19. The monoisotopic (exact) mass is 544 g/mol. The van der Waals surface area contributed by atoms with Crippen LogP contribution in [0, 0.1) is 3.57 Å². The van der Waals surface area contributed by atoms with Crippen LogP contribution in [0.4, 0.5) is 5.69 Å². The number of ether oxygens (including phenoxy) is 1. The Morgan fingerprint density at radius 2 is 2.08 bits per heavy atom. The molecule has 3 rings (SSSR count). The van der Waals surface area contributed by atoms with Gasteiger partial charge in [0.05, 0.1) is 20.8 Å². The predicted molar refractivity (Wildman–Crippen MR) is 117 cm³/mol. The van der Waals surface area contributed by atoms with Crippen molar-refractivity contribution < 1.29 is 14.6 Å². The van der Waals surface area contributed by atoms with Crippen LogP contribution >= 0.6 is 50.3 Å². The van der Waals surface area contributed by atoms with E-state index in [-0.39, 0.29) is 11.7 Å². The van der Waals surface area contributed by atoms with Gasteiger partial charge < -0.3 is 15.2 Å². The number of rotatable bonds is 4. The van der Waals surface area contributed by atoms with E-state index in [1.807, 2.05) is 53.8 Å². The third-order valence-electron chi connectivity index (χ3n) is 3.37. The van der Waals surface area contributed by atoms with Crippen molar-refractivity contribution in [3.05, 3.63) is 54.9 Å². The minimum absolute atomic E-state index is 0.145. The Kier molecular flexibility index (Phi) is 6.25. The fourth-order valence-electron chi connectivity index (χ4n) is 2.22. The van der Waals surface area contributed by atoms with Crippen molar-refractivity contribution in [3.63, 3.8) is 0 Å². The minimum Gasteiger partial charge on any atom is -0.506 e. The van der Waals surface area contributed by atoms with Gasteiger partial charge in [0.15, 0.2) is 5.17 Å². The maximum absolute atomic E-state index is 12.2. The van der Waals surface area contributed by atoms with E-state index in [0.29, 0.717) is 25.8 Å². The van der Waals surface area contributed by atoms with Gasteiger partial charge in [0.2, 0.25) is 0 Å². The smallest absolute Gasteiger partial charge is 0.264 e. The number of thioether (sulfide) groups is 1. The minimum atomic E-state index is -0.242. The maximum atomic E-state index is 12.2. The summed E-state index contributed by atoms with van der Waals surface area (Å²) in [6.07, 6.45) is 1.66. The van der Waals surface area contributed by atoms with E-state index >= 15 is 0 Å². The molecule has 1 amide bonds. The molecule has 26 heavy (non-hydrogen) atoms. The second-order valence-corrected chi connectivity index (χ2v) is 8.34. The molecule has 0 unspecified atom stereocenters. The summed E-state index contributed by atoms with van der Waals surface area (Å²) >= 11 is 6.68. The van der Waals surface area contributed by atoms with Crippen LogP contribution in [0.5, 0.6) is 11.5 Å². The van der Waals surface area contributed by atoms with Crippen LogP contribution in [0.3, 0.4) is 0 Å². The molecule has 134 valence electrons. The molecule has 0 aromatic heterocycles. The van der Waals surface area contributed by atoms with Gasteiger partial charge in [-0.25, -0.2) is 4.99 Å². The first kappa shape index (κ1) is 19.2. The highest BCUT2D eigenvalue weighted by Gasteiger charge is 2.24. The molecule has 1 aliphatic heterocycles. The number of carbonyl (C=O) groups is 1. The standard InChI is InChI=1S/C18H14BrIN2O3S/c1-2-25-13-5-3-12(4-6-13)21-18-22-17(24)15(26-18)8-10-7-11(19)9-14(20)16(10)23/h3-9,23H,2H2,1H3,(H,21,22,24)/b15-8+. The lowest BCUT2D eigenvalue weighted by Gasteiger charge is -2.03. The number of hydrogen-bond acceptors (Lipinski definition) is 5. The van der Waals surface area contributed by atoms with Crippen LogP contribution in [0.2, 0.25) is 0 Å². The molecule has 2 aromatic rings. The Morgan fingerprint density at radius 1 is 1.35 bits per heavy atom. The number of carbonyl (C=O) groups excluding carboxylic acids is 1. The molecule has 0 atom stereocenters. The average molecular weight is 545 g/mol. The van der Waals surface area contributed by atoms with Crippen LogP contribution < -0.4 is 10.1 Å². The van der Waals surface area contributed by atoms with E-state index in [0.717, 1.165) is 15.9 Å². The molecule has 0 saturated carbocycles. The van der Waals surface area contributed by atoms with Crippen molar-refractivity contribution in [2.24, 2.45) is 4.99 Å². The number of amides is 1. The second-order valence-electron chi connectivity index (χ2n) is 5.23. The summed E-state index contributed by atoms with van der Waals surface area (Å²) in [5.41, 5.74) is 1.29. The van der Waals surface area contributed by atoms with Gasteiger partial charge in [-0.15, -0.1) is 0 Å². The number of nitrogens with zero attached hydrogens (tertiary/aromatic N) is 1. The molecule has 2 N–H and O–H groups in total. The summed E-state index contributed by atoms with van der Waals surface area (Å²) in [5, 5.41) is 13.4. The summed E-state index contributed by atoms with van der Waals surface area (Å²) in [5.74, 6) is 0.681. The van der Waals surface area contributed by atoms with Crippen molar-refractivity contribution in [3.8, 4) is 11.5 Å². The number of amidine groups is 1. The Labute approximate surface area is 177 Å². The maximum Gasteiger partial charge on any atom is 0.264 e. The normalized spacial score (nSPS) is 17.0. The lowest BCUT2D eigenvalue weighted by atomic mass is 10.2. The predicted octanol–water partition coefficient (Wildman–Crippen LogP) is 5.05. The van der Waals surface area contributed by atoms with Crippen molar-refractivity contribution in [2.75, 3.05) is 6.61 Å². The Morgan fingerprint density at radius 3 is 2.77 bits per heavy atom. The summed E-state index contributed by atoms with van der Waals surface area (Å²) < 4.78 is 6.94. The number of phenolic OH excluding ortho intramolecular Hbond substituents is 1. The van der Waals surface area contributed by atoms with Crippen molar-refractivity contribution >= 4 is 73.1 Å². The fraction of sp³-hybridized carbons (Fsp3) is 0.111. The molecular weight excluding hydrogens is 531 g/mol. The number of halogens is 2. The quantitative estimate of drug-likeness (QED) is 0.417. The largest absolute Gasteiger partial charge is 0.506 e. The van der Waals surface area contributed by atoms with E-state index < -0.39 is 0 Å². The molecule has 0 radical (unpaired) electrons. The molecule has 2 aromatic carbocycles. The average Bonchev–Trinajstić information content (AvgIpc) is 2.93. The SMILES string of the molecule is CCOc1ccc(N=C2NC(=O)/C(=C\c3cc(Br)cc(I)c3O)S2)cc1. The highest BCUT2D eigenvalue weighted by Crippen LogP contribution is 2.34. The highest BCUT2D eigenvalue weighted by atomic mass is 127. The molecule has 8 heteroatoms. The van der Waals surface area contributed by atoms with Crippen molar-refractivity contribution in [1.82, 2.24) is 5.32 Å². The Bertz CT molecular complexity index is 913. The van der Waals surface area contributed by atoms with Gasteiger partial charge in [0.25, 0.3) is 5.91 Å². The van der Waals surface area contributed by atoms with Gasteiger partial charge in [0, 0.05) is 10.0 Å². The van der Waals surface area contributed by atoms with E-state index in [4.69, 9.17) is 4.74 Å². The Hall–Kier alpha value is -1.52. The van der Waals surface area contributed by atoms with Crippen LogP contribution in [0.1, 0.15) is 12.5 Å². The van der Waals surface area contributed by atoms with Crippen LogP contribution in [-0.2, 0) is 4.79 Å². The molecule has 0 bridgehead atoms. The van der Waals surface area contributed by atoms with Gasteiger partial charge in [-0.2, -0.15) is 0 Å². The summed E-state index contributed by atoms with van der Waals surface area (Å²) in [4.78, 5) is 17.1. The number of hydrogen-bond donors (Lipinski definition) is 2. The van der Waals surface area contributed by atoms with E-state index in [9.17, 15) is 9.90 Å². The topological polar surface area (TPSA) is 70.9 Å². The molecule has 0 aliphatic carbocycles. The summed E-state index contributed by atoms with van der Waals surface area (Å²) in [6, 6.07) is 10.9. The van der Waals surface area contributed by atoms with Crippen molar-refractivity contribution in [2.45, 2.75) is 6.92 Å². The van der Waals surface area contributed by atoms with Crippen molar-refractivity contribution in [1.29, 1.82) is 0 Å². The van der Waals surface area contributed by atoms with E-state index in [2.05, 4.69) is 26.2 Å². The van der Waals surface area contributed by atoms with Gasteiger partial charge in [0.1, 0.15) is 11.5 Å². The zero-order chi connectivity index (χ0) is 18.7. The number of benzene rings is 2. The Balaban J connectivity index is 1.82. The number of aromatic hydroxyl groups is 1. The molecule has 1 saturated heterocycles. The number of aliphatic imine (C=N–C) groups is 1. The van der Waals surface area contributed by atoms with Gasteiger partial charge >= 0.3 is 0 Å². The molecule has 1 heterocycles. The highest BCUT2D eigenvalue weighted by molar-refractivity contribution is 14.1. The molecular formula is C18H14BrIN2O3S. The van der Waals surface area contributed by atoms with Crippen LogP contribution in [0.25, 0.3) is 6.08 Å². The number of nitrogens with one attached hydrogen (secondary N) is 1. The van der Waals surface area contributed by atoms with E-state index in [1.165, 1.54) is 11.8 Å². The van der Waals surface area contributed by atoms with Gasteiger partial charge in [-0.3, -0.25) is 4.79 Å². The molecule has 1 aliphatic rings. The van der Waals surface area contributed by atoms with Gasteiger partial charge in [-0.1, -0.05) is 15.9 Å².